The van der Waals surface area contributed by atoms with Gasteiger partial charge in [-0.3, -0.25) is 9.69 Å². The van der Waals surface area contributed by atoms with E-state index < -0.39 is 12.1 Å². The lowest BCUT2D eigenvalue weighted by Gasteiger charge is -2.20. The molecular formula is C14H21NO4. The maximum Gasteiger partial charge on any atom is 0.306 e. The van der Waals surface area contributed by atoms with Crippen molar-refractivity contribution in [2.24, 2.45) is 0 Å². The summed E-state index contributed by atoms with van der Waals surface area (Å²) in [6.45, 7) is 2.96. The summed E-state index contributed by atoms with van der Waals surface area (Å²) in [5.74, 6) is -0.140. The van der Waals surface area contributed by atoms with Crippen LogP contribution in [0.3, 0.4) is 0 Å². The molecule has 0 fully saturated rings. The third kappa shape index (κ3) is 5.28. The van der Waals surface area contributed by atoms with Crippen molar-refractivity contribution in [1.82, 2.24) is 4.90 Å². The Morgan fingerprint density at radius 3 is 2.68 bits per heavy atom. The van der Waals surface area contributed by atoms with Crippen LogP contribution in [0.1, 0.15) is 17.5 Å². The molecule has 1 atom stereocenters. The van der Waals surface area contributed by atoms with E-state index in [-0.39, 0.29) is 6.42 Å². The Morgan fingerprint density at radius 1 is 1.47 bits per heavy atom. The number of aliphatic carboxylic acids is 1. The topological polar surface area (TPSA) is 70.0 Å². The van der Waals surface area contributed by atoms with Crippen LogP contribution in [0.25, 0.3) is 0 Å². The van der Waals surface area contributed by atoms with Gasteiger partial charge in [0.25, 0.3) is 0 Å². The van der Waals surface area contributed by atoms with Gasteiger partial charge < -0.3 is 14.9 Å². The van der Waals surface area contributed by atoms with E-state index in [1.54, 1.807) is 7.11 Å². The fraction of sp³-hybridized carbons (Fsp3) is 0.500. The van der Waals surface area contributed by atoms with Gasteiger partial charge in [-0.25, -0.2) is 0 Å². The largest absolute Gasteiger partial charge is 0.496 e. The lowest BCUT2D eigenvalue weighted by molar-refractivity contribution is -0.139. The van der Waals surface area contributed by atoms with Gasteiger partial charge >= 0.3 is 5.97 Å². The van der Waals surface area contributed by atoms with Crippen molar-refractivity contribution >= 4 is 5.97 Å². The number of ether oxygens (including phenoxy) is 1. The zero-order valence-corrected chi connectivity index (χ0v) is 11.6. The standard InChI is InChI=1S/C14H21NO4/c1-10-6-11(4-5-13(10)19-3)8-15(2)9-12(16)7-14(17)18/h4-6,12,16H,7-9H2,1-3H3,(H,17,18). The number of aliphatic hydroxyl groups excluding tert-OH is 1. The van der Waals surface area contributed by atoms with Crippen LogP contribution < -0.4 is 4.74 Å². The summed E-state index contributed by atoms with van der Waals surface area (Å²) in [6, 6.07) is 5.90. The molecule has 0 saturated heterocycles. The number of rotatable bonds is 7. The number of hydrogen-bond donors (Lipinski definition) is 2. The minimum absolute atomic E-state index is 0.230. The zero-order valence-electron chi connectivity index (χ0n) is 11.6. The minimum Gasteiger partial charge on any atom is -0.496 e. The Kier molecular flexibility index (Phi) is 5.79. The molecule has 0 amide bonds. The molecule has 0 aromatic heterocycles. The zero-order chi connectivity index (χ0) is 14.4. The highest BCUT2D eigenvalue weighted by Crippen LogP contribution is 2.19. The van der Waals surface area contributed by atoms with Gasteiger partial charge in [0.15, 0.2) is 0 Å². The second-order valence-corrected chi connectivity index (χ2v) is 4.75. The third-order valence-electron chi connectivity index (χ3n) is 2.84. The SMILES string of the molecule is COc1ccc(CN(C)CC(O)CC(=O)O)cc1C. The number of carboxylic acids is 1. The van der Waals surface area contributed by atoms with Crippen LogP contribution in [0.15, 0.2) is 18.2 Å². The fourth-order valence-corrected chi connectivity index (χ4v) is 2.04. The van der Waals surface area contributed by atoms with E-state index in [4.69, 9.17) is 9.84 Å². The van der Waals surface area contributed by atoms with E-state index in [1.807, 2.05) is 37.1 Å². The average molecular weight is 267 g/mol. The number of hydrogen-bond acceptors (Lipinski definition) is 4. The van der Waals surface area contributed by atoms with Crippen LogP contribution in [-0.2, 0) is 11.3 Å². The normalized spacial score (nSPS) is 12.5. The first kappa shape index (κ1) is 15.5. The number of likely N-dealkylation sites (N-methyl/N-ethyl adjacent to an activating group) is 1. The third-order valence-corrected chi connectivity index (χ3v) is 2.84. The second-order valence-electron chi connectivity index (χ2n) is 4.75. The molecule has 0 saturated carbocycles. The average Bonchev–Trinajstić information content (AvgIpc) is 2.27. The van der Waals surface area contributed by atoms with Gasteiger partial charge in [-0.15, -0.1) is 0 Å². The molecule has 0 spiro atoms. The Morgan fingerprint density at radius 2 is 2.16 bits per heavy atom. The molecule has 0 bridgehead atoms. The smallest absolute Gasteiger partial charge is 0.306 e. The van der Waals surface area contributed by atoms with Crippen molar-refractivity contribution in [1.29, 1.82) is 0 Å². The predicted molar refractivity (Wildman–Crippen MR) is 72.3 cm³/mol. The van der Waals surface area contributed by atoms with Crippen molar-refractivity contribution < 1.29 is 19.7 Å². The first-order valence-electron chi connectivity index (χ1n) is 6.14. The highest BCUT2D eigenvalue weighted by Gasteiger charge is 2.12. The van der Waals surface area contributed by atoms with E-state index in [2.05, 4.69) is 0 Å². The van der Waals surface area contributed by atoms with Crippen LogP contribution in [0.4, 0.5) is 0 Å². The Hall–Kier alpha value is -1.59. The first-order valence-corrected chi connectivity index (χ1v) is 6.14. The summed E-state index contributed by atoms with van der Waals surface area (Å²) in [5.41, 5.74) is 2.16. The lowest BCUT2D eigenvalue weighted by atomic mass is 10.1. The van der Waals surface area contributed by atoms with E-state index in [0.717, 1.165) is 16.9 Å². The molecule has 1 unspecified atom stereocenters. The van der Waals surface area contributed by atoms with E-state index in [9.17, 15) is 9.90 Å². The van der Waals surface area contributed by atoms with Crippen LogP contribution >= 0.6 is 0 Å². The monoisotopic (exact) mass is 267 g/mol. The summed E-state index contributed by atoms with van der Waals surface area (Å²) in [5, 5.41) is 18.2. The van der Waals surface area contributed by atoms with Gasteiger partial charge in [0.05, 0.1) is 19.6 Å². The summed E-state index contributed by atoms with van der Waals surface area (Å²) < 4.78 is 5.19. The van der Waals surface area contributed by atoms with Gasteiger partial charge in [-0.1, -0.05) is 12.1 Å². The van der Waals surface area contributed by atoms with E-state index in [0.29, 0.717) is 13.1 Å². The molecule has 0 aliphatic carbocycles. The summed E-state index contributed by atoms with van der Waals surface area (Å²) >= 11 is 0. The highest BCUT2D eigenvalue weighted by molar-refractivity contribution is 5.67. The van der Waals surface area contributed by atoms with Gasteiger partial charge in [0.1, 0.15) is 5.75 Å². The molecule has 1 rings (SSSR count). The molecule has 5 nitrogen and oxygen atoms in total. The first-order chi connectivity index (χ1) is 8.92. The summed E-state index contributed by atoms with van der Waals surface area (Å²) in [7, 11) is 3.49. The number of carboxylic acid groups (broad SMARTS) is 1. The predicted octanol–water partition coefficient (Wildman–Crippen LogP) is 1.27. The number of nitrogens with zero attached hydrogens (tertiary/aromatic N) is 1. The molecular weight excluding hydrogens is 246 g/mol. The molecule has 0 heterocycles. The summed E-state index contributed by atoms with van der Waals surface area (Å²) in [4.78, 5) is 12.4. The van der Waals surface area contributed by atoms with Gasteiger partial charge in [-0.2, -0.15) is 0 Å². The molecule has 1 aromatic carbocycles. The fourth-order valence-electron chi connectivity index (χ4n) is 2.04. The Labute approximate surface area is 113 Å². The number of aryl methyl sites for hydroxylation is 1. The number of benzene rings is 1. The lowest BCUT2D eigenvalue weighted by Crippen LogP contribution is -2.30. The Bertz CT molecular complexity index is 433. The van der Waals surface area contributed by atoms with Gasteiger partial charge in [0, 0.05) is 13.1 Å². The second kappa shape index (κ2) is 7.11. The van der Waals surface area contributed by atoms with Gasteiger partial charge in [0.2, 0.25) is 0 Å². The van der Waals surface area contributed by atoms with E-state index >= 15 is 0 Å². The maximum absolute atomic E-state index is 10.5. The van der Waals surface area contributed by atoms with Crippen molar-refractivity contribution in [3.8, 4) is 5.75 Å². The van der Waals surface area contributed by atoms with Crippen molar-refractivity contribution in [3.05, 3.63) is 29.3 Å². The quantitative estimate of drug-likeness (QED) is 0.778. The molecule has 0 radical (unpaired) electrons. The molecule has 2 N–H and O–H groups in total. The molecule has 19 heavy (non-hydrogen) atoms. The van der Waals surface area contributed by atoms with E-state index in [1.165, 1.54) is 0 Å². The number of methoxy groups -OCH3 is 1. The number of aliphatic hydroxyl groups is 1. The molecule has 106 valence electrons. The molecule has 1 aromatic rings. The minimum atomic E-state index is -0.985. The van der Waals surface area contributed by atoms with Crippen LogP contribution in [0, 0.1) is 6.92 Å². The van der Waals surface area contributed by atoms with Crippen LogP contribution in [-0.4, -0.2) is 47.9 Å². The van der Waals surface area contributed by atoms with Crippen molar-refractivity contribution in [3.63, 3.8) is 0 Å². The van der Waals surface area contributed by atoms with Gasteiger partial charge in [-0.05, 0) is 31.2 Å². The Balaban J connectivity index is 2.54. The molecule has 5 heteroatoms. The van der Waals surface area contributed by atoms with Crippen LogP contribution in [0.5, 0.6) is 5.75 Å². The van der Waals surface area contributed by atoms with Crippen molar-refractivity contribution in [2.45, 2.75) is 26.0 Å². The molecule has 0 aliphatic heterocycles. The van der Waals surface area contributed by atoms with Crippen molar-refractivity contribution in [2.75, 3.05) is 20.7 Å². The highest BCUT2D eigenvalue weighted by atomic mass is 16.5. The summed E-state index contributed by atoms with van der Waals surface area (Å²) in [6.07, 6.45) is -1.08. The molecule has 0 aliphatic rings. The van der Waals surface area contributed by atoms with Crippen LogP contribution in [0.2, 0.25) is 0 Å². The number of carbonyl (C=O) groups is 1. The maximum atomic E-state index is 10.5.